The molecule has 1 aliphatic rings. The molecule has 0 aliphatic carbocycles. The van der Waals surface area contributed by atoms with Crippen LogP contribution in [0.4, 0.5) is 0 Å². The van der Waals surface area contributed by atoms with Crippen molar-refractivity contribution in [1.82, 2.24) is 9.29 Å². The minimum absolute atomic E-state index is 0.0574. The third-order valence-corrected chi connectivity index (χ3v) is 6.92. The molecule has 1 fully saturated rings. The van der Waals surface area contributed by atoms with E-state index in [0.717, 1.165) is 6.42 Å². The maximum Gasteiger partial charge on any atom is 0.337 e. The van der Waals surface area contributed by atoms with E-state index in [2.05, 4.69) is 4.98 Å². The van der Waals surface area contributed by atoms with E-state index in [0.29, 0.717) is 41.4 Å². The summed E-state index contributed by atoms with van der Waals surface area (Å²) in [5.41, 5.74) is 1.50. The summed E-state index contributed by atoms with van der Waals surface area (Å²) < 4.78 is 26.7. The van der Waals surface area contributed by atoms with Gasteiger partial charge in [0.05, 0.1) is 28.7 Å². The van der Waals surface area contributed by atoms with Crippen LogP contribution >= 0.6 is 11.6 Å². The van der Waals surface area contributed by atoms with Crippen LogP contribution in [0.15, 0.2) is 36.4 Å². The molecule has 0 spiro atoms. The smallest absolute Gasteiger partial charge is 0.337 e. The Morgan fingerprint density at radius 3 is 2.78 bits per heavy atom. The summed E-state index contributed by atoms with van der Waals surface area (Å²) in [6.45, 7) is 2.29. The maximum atomic E-state index is 12.6. The Balaban J connectivity index is 2.07. The predicted molar refractivity (Wildman–Crippen MR) is 104 cm³/mol. The maximum absolute atomic E-state index is 12.6. The molecule has 2 heterocycles. The van der Waals surface area contributed by atoms with Crippen LogP contribution in [0.3, 0.4) is 0 Å². The van der Waals surface area contributed by atoms with Gasteiger partial charge in [-0.2, -0.15) is 4.31 Å². The van der Waals surface area contributed by atoms with Crippen molar-refractivity contribution in [3.63, 3.8) is 0 Å². The number of nitrogens with zero attached hydrogens (tertiary/aromatic N) is 2. The molecule has 1 aromatic heterocycles. The van der Waals surface area contributed by atoms with Gasteiger partial charge in [-0.15, -0.1) is 0 Å². The van der Waals surface area contributed by atoms with Gasteiger partial charge in [0, 0.05) is 17.1 Å². The molecule has 6 nitrogen and oxygen atoms in total. The van der Waals surface area contributed by atoms with Crippen LogP contribution in [0.25, 0.3) is 11.3 Å². The Hall–Kier alpha value is -1.96. The number of rotatable bonds is 6. The van der Waals surface area contributed by atoms with Crippen molar-refractivity contribution in [2.24, 2.45) is 0 Å². The molecule has 1 N–H and O–H groups in total. The second-order valence-electron chi connectivity index (χ2n) is 6.53. The first kappa shape index (κ1) is 19.8. The number of pyridine rings is 1. The highest BCUT2D eigenvalue weighted by atomic mass is 35.5. The molecule has 144 valence electrons. The summed E-state index contributed by atoms with van der Waals surface area (Å²) in [6, 6.07) is 9.55. The quantitative estimate of drug-likeness (QED) is 0.781. The topological polar surface area (TPSA) is 87.6 Å². The average molecular weight is 409 g/mol. The second kappa shape index (κ2) is 7.96. The number of hydrogen-bond acceptors (Lipinski definition) is 4. The zero-order valence-corrected chi connectivity index (χ0v) is 16.5. The third kappa shape index (κ3) is 4.15. The van der Waals surface area contributed by atoms with Crippen molar-refractivity contribution in [3.8, 4) is 11.3 Å². The number of carboxylic acid groups (broad SMARTS) is 1. The summed E-state index contributed by atoms with van der Waals surface area (Å²) in [4.78, 5) is 16.2. The number of carboxylic acids is 1. The summed E-state index contributed by atoms with van der Waals surface area (Å²) >= 11 is 6.05. The van der Waals surface area contributed by atoms with Crippen LogP contribution in [0.1, 0.15) is 48.3 Å². The van der Waals surface area contributed by atoms with Crippen LogP contribution in [-0.4, -0.2) is 41.1 Å². The number of carbonyl (C=O) groups is 1. The van der Waals surface area contributed by atoms with E-state index in [1.807, 2.05) is 6.92 Å². The van der Waals surface area contributed by atoms with Gasteiger partial charge in [0.2, 0.25) is 10.0 Å². The van der Waals surface area contributed by atoms with Crippen LogP contribution in [0.5, 0.6) is 0 Å². The third-order valence-electron chi connectivity index (χ3n) is 4.61. The van der Waals surface area contributed by atoms with Gasteiger partial charge in [0.25, 0.3) is 0 Å². The number of aromatic carboxylic acids is 1. The van der Waals surface area contributed by atoms with E-state index < -0.39 is 16.0 Å². The van der Waals surface area contributed by atoms with Crippen molar-refractivity contribution in [1.29, 1.82) is 0 Å². The lowest BCUT2D eigenvalue weighted by Gasteiger charge is -2.24. The molecule has 1 atom stereocenters. The Labute approximate surface area is 163 Å². The van der Waals surface area contributed by atoms with Crippen LogP contribution in [0.2, 0.25) is 5.02 Å². The van der Waals surface area contributed by atoms with E-state index in [1.54, 1.807) is 30.3 Å². The summed E-state index contributed by atoms with van der Waals surface area (Å²) in [5.74, 6) is -0.997. The normalized spacial score (nSPS) is 17.9. The fourth-order valence-electron chi connectivity index (χ4n) is 3.43. The van der Waals surface area contributed by atoms with Gasteiger partial charge in [0.15, 0.2) is 0 Å². The molecule has 3 rings (SSSR count). The molecular formula is C19H21ClN2O4S. The van der Waals surface area contributed by atoms with E-state index in [4.69, 9.17) is 11.6 Å². The van der Waals surface area contributed by atoms with E-state index in [9.17, 15) is 18.3 Å². The lowest BCUT2D eigenvalue weighted by molar-refractivity contribution is 0.0697. The first-order valence-corrected chi connectivity index (χ1v) is 10.8. The van der Waals surface area contributed by atoms with Crippen molar-refractivity contribution in [2.75, 3.05) is 12.3 Å². The van der Waals surface area contributed by atoms with E-state index >= 15 is 0 Å². The molecule has 1 aromatic carbocycles. The zero-order valence-electron chi connectivity index (χ0n) is 14.9. The van der Waals surface area contributed by atoms with Gasteiger partial charge in [-0.3, -0.25) is 4.98 Å². The SMILES string of the molecule is CCCS(=O)(=O)N1CCC[C@@H]1c1ccc(C(=O)O)c(-c2cccc(Cl)c2)n1. The van der Waals surface area contributed by atoms with Gasteiger partial charge in [0.1, 0.15) is 0 Å². The standard InChI is InChI=1S/C19H21ClN2O4S/c1-2-11-27(25,26)22-10-4-7-17(22)16-9-8-15(19(23)24)18(21-16)13-5-3-6-14(20)12-13/h3,5-6,8-9,12,17H,2,4,7,10-11H2,1H3,(H,23,24)/t17-/m1/s1. The van der Waals surface area contributed by atoms with Gasteiger partial charge < -0.3 is 5.11 Å². The molecule has 1 saturated heterocycles. The summed E-state index contributed by atoms with van der Waals surface area (Å²) in [7, 11) is -3.36. The Morgan fingerprint density at radius 1 is 1.33 bits per heavy atom. The molecule has 0 bridgehead atoms. The highest BCUT2D eigenvalue weighted by Gasteiger charge is 2.35. The summed E-state index contributed by atoms with van der Waals surface area (Å²) in [5, 5.41) is 10.0. The number of aromatic nitrogens is 1. The average Bonchev–Trinajstić information content (AvgIpc) is 3.12. The molecule has 0 amide bonds. The fraction of sp³-hybridized carbons (Fsp3) is 0.368. The zero-order chi connectivity index (χ0) is 19.6. The van der Waals surface area contributed by atoms with Gasteiger partial charge >= 0.3 is 5.97 Å². The van der Waals surface area contributed by atoms with Crippen molar-refractivity contribution in [2.45, 2.75) is 32.2 Å². The molecule has 27 heavy (non-hydrogen) atoms. The largest absolute Gasteiger partial charge is 0.478 e. The highest BCUT2D eigenvalue weighted by molar-refractivity contribution is 7.89. The first-order chi connectivity index (χ1) is 12.8. The number of benzene rings is 1. The number of halogens is 1. The highest BCUT2D eigenvalue weighted by Crippen LogP contribution is 2.35. The first-order valence-electron chi connectivity index (χ1n) is 8.83. The Kier molecular flexibility index (Phi) is 5.83. The minimum Gasteiger partial charge on any atom is -0.478 e. The van der Waals surface area contributed by atoms with Crippen molar-refractivity contribution in [3.05, 3.63) is 52.7 Å². The summed E-state index contributed by atoms with van der Waals surface area (Å²) in [6.07, 6.45) is 1.96. The van der Waals surface area contributed by atoms with E-state index in [1.165, 1.54) is 10.4 Å². The van der Waals surface area contributed by atoms with Gasteiger partial charge in [-0.1, -0.05) is 30.7 Å². The molecule has 0 unspecified atom stereocenters. The Bertz CT molecular complexity index is 962. The molecule has 1 aliphatic heterocycles. The molecule has 0 saturated carbocycles. The van der Waals surface area contributed by atoms with Crippen LogP contribution in [0, 0.1) is 0 Å². The molecular weight excluding hydrogens is 388 g/mol. The van der Waals surface area contributed by atoms with Crippen LogP contribution in [-0.2, 0) is 10.0 Å². The minimum atomic E-state index is -3.36. The predicted octanol–water partition coefficient (Wildman–Crippen LogP) is 3.98. The fourth-order valence-corrected chi connectivity index (χ4v) is 5.38. The van der Waals surface area contributed by atoms with Crippen molar-refractivity contribution < 1.29 is 18.3 Å². The van der Waals surface area contributed by atoms with Crippen molar-refractivity contribution >= 4 is 27.6 Å². The number of hydrogen-bond donors (Lipinski definition) is 1. The second-order valence-corrected chi connectivity index (χ2v) is 9.01. The molecule has 2 aromatic rings. The van der Waals surface area contributed by atoms with E-state index in [-0.39, 0.29) is 17.4 Å². The van der Waals surface area contributed by atoms with Gasteiger partial charge in [-0.25, -0.2) is 13.2 Å². The monoisotopic (exact) mass is 408 g/mol. The lowest BCUT2D eigenvalue weighted by atomic mass is 10.0. The number of sulfonamides is 1. The Morgan fingerprint density at radius 2 is 2.11 bits per heavy atom. The molecule has 8 heteroatoms. The lowest BCUT2D eigenvalue weighted by Crippen LogP contribution is -2.33. The van der Waals surface area contributed by atoms with Crippen LogP contribution < -0.4 is 0 Å². The molecule has 0 radical (unpaired) electrons. The van der Waals surface area contributed by atoms with Gasteiger partial charge in [-0.05, 0) is 43.5 Å².